The number of piperazine rings is 1. The van der Waals surface area contributed by atoms with E-state index in [1.54, 1.807) is 12.1 Å². The molecule has 0 aromatic heterocycles. The number of amides is 3. The van der Waals surface area contributed by atoms with Gasteiger partial charge in [0.1, 0.15) is 6.04 Å². The van der Waals surface area contributed by atoms with Crippen molar-refractivity contribution in [3.05, 3.63) is 29.3 Å². The predicted molar refractivity (Wildman–Crippen MR) is 99.8 cm³/mol. The smallest absolute Gasteiger partial charge is 0.326 e. The molecule has 0 unspecified atom stereocenters. The van der Waals surface area contributed by atoms with E-state index in [-0.39, 0.29) is 23.5 Å². The van der Waals surface area contributed by atoms with Crippen LogP contribution in [0.4, 0.5) is 4.79 Å². The Morgan fingerprint density at radius 1 is 1.19 bits per heavy atom. The largest absolute Gasteiger partial charge is 0.329 e. The van der Waals surface area contributed by atoms with Crippen LogP contribution < -0.4 is 10.2 Å². The summed E-state index contributed by atoms with van der Waals surface area (Å²) in [6.45, 7) is 3.96. The van der Waals surface area contributed by atoms with Crippen molar-refractivity contribution in [3.8, 4) is 0 Å². The lowest BCUT2D eigenvalue weighted by Gasteiger charge is -2.32. The maximum absolute atomic E-state index is 12.7. The van der Waals surface area contributed by atoms with Crippen molar-refractivity contribution in [2.45, 2.75) is 30.7 Å². The zero-order valence-electron chi connectivity index (χ0n) is 15.2. The number of halogens is 1. The number of rotatable bonds is 6. The normalized spacial score (nSPS) is 22.3. The predicted octanol–water partition coefficient (Wildman–Crippen LogP) is -0.0928. The minimum Gasteiger partial charge on any atom is -0.326 e. The molecule has 0 spiro atoms. The van der Waals surface area contributed by atoms with E-state index in [0.717, 1.165) is 11.3 Å². The molecule has 0 saturated carbocycles. The number of hydrogen-bond acceptors (Lipinski definition) is 4. The Hall–Kier alpha value is -1.68. The summed E-state index contributed by atoms with van der Waals surface area (Å²) in [5.74, 6) is -0.189. The number of sulfonamides is 1. The second-order valence-corrected chi connectivity index (χ2v) is 9.20. The van der Waals surface area contributed by atoms with Crippen LogP contribution in [0.15, 0.2) is 29.2 Å². The quantitative estimate of drug-likeness (QED) is 0.635. The van der Waals surface area contributed by atoms with E-state index in [1.807, 2.05) is 6.92 Å². The van der Waals surface area contributed by atoms with E-state index in [4.69, 9.17) is 11.6 Å². The average molecular weight is 416 g/mol. The molecule has 2 heterocycles. The zero-order chi connectivity index (χ0) is 19.6. The van der Waals surface area contributed by atoms with Gasteiger partial charge in [-0.1, -0.05) is 24.9 Å². The number of nitrogens with one attached hydrogen (secondary N) is 2. The Morgan fingerprint density at radius 3 is 2.41 bits per heavy atom. The Balaban J connectivity index is 1.58. The van der Waals surface area contributed by atoms with Gasteiger partial charge in [0.25, 0.3) is 5.91 Å². The van der Waals surface area contributed by atoms with Crippen molar-refractivity contribution in [1.82, 2.24) is 14.5 Å². The van der Waals surface area contributed by atoms with Crippen molar-refractivity contribution < 1.29 is 22.9 Å². The van der Waals surface area contributed by atoms with Crippen LogP contribution in [-0.2, 0) is 14.8 Å². The number of nitrogens with zero attached hydrogens (tertiary/aromatic N) is 2. The maximum Gasteiger partial charge on any atom is 0.329 e. The van der Waals surface area contributed by atoms with Gasteiger partial charge in [0, 0.05) is 5.02 Å². The Kier molecular flexibility index (Phi) is 6.05. The first-order valence-corrected chi connectivity index (χ1v) is 10.9. The molecule has 0 radical (unpaired) electrons. The van der Waals surface area contributed by atoms with Crippen LogP contribution in [0, 0.1) is 0 Å². The highest BCUT2D eigenvalue weighted by atomic mass is 35.5. The van der Waals surface area contributed by atoms with Gasteiger partial charge in [-0.15, -0.1) is 0 Å². The van der Waals surface area contributed by atoms with E-state index < -0.39 is 16.1 Å². The molecule has 1 aromatic rings. The molecule has 27 heavy (non-hydrogen) atoms. The summed E-state index contributed by atoms with van der Waals surface area (Å²) >= 11 is 5.82. The summed E-state index contributed by atoms with van der Waals surface area (Å²) in [4.78, 5) is 26.8. The van der Waals surface area contributed by atoms with Crippen LogP contribution in [0.5, 0.6) is 0 Å². The number of hydrogen-bond donors (Lipinski definition) is 2. The third kappa shape index (κ3) is 4.26. The van der Waals surface area contributed by atoms with Crippen LogP contribution in [-0.4, -0.2) is 68.5 Å². The highest BCUT2D eigenvalue weighted by Gasteiger charge is 2.40. The summed E-state index contributed by atoms with van der Waals surface area (Å²) in [5.41, 5.74) is 0. The third-order valence-electron chi connectivity index (χ3n) is 4.95. The number of benzene rings is 1. The molecule has 3 rings (SSSR count). The first kappa shape index (κ1) is 20.1. The van der Waals surface area contributed by atoms with Crippen molar-refractivity contribution >= 4 is 33.6 Å². The van der Waals surface area contributed by atoms with Gasteiger partial charge in [-0.05, 0) is 30.7 Å². The lowest BCUT2D eigenvalue weighted by Crippen LogP contribution is -3.16. The van der Waals surface area contributed by atoms with E-state index in [2.05, 4.69) is 5.32 Å². The topological polar surface area (TPSA) is 91.2 Å². The summed E-state index contributed by atoms with van der Waals surface area (Å²) in [7, 11) is -3.57. The van der Waals surface area contributed by atoms with Gasteiger partial charge in [-0.25, -0.2) is 18.1 Å². The Bertz CT molecular complexity index is 807. The fourth-order valence-corrected chi connectivity index (χ4v) is 4.96. The highest BCUT2D eigenvalue weighted by molar-refractivity contribution is 7.89. The Labute approximate surface area is 164 Å². The Morgan fingerprint density at radius 2 is 1.81 bits per heavy atom. The second kappa shape index (κ2) is 8.14. The molecule has 10 heteroatoms. The molecule has 2 aliphatic rings. The van der Waals surface area contributed by atoms with Gasteiger partial charge in [0.15, 0.2) is 6.67 Å². The third-order valence-corrected chi connectivity index (χ3v) is 7.11. The lowest BCUT2D eigenvalue weighted by atomic mass is 10.2. The van der Waals surface area contributed by atoms with Crippen molar-refractivity contribution in [2.75, 3.05) is 32.8 Å². The second-order valence-electron chi connectivity index (χ2n) is 6.82. The molecule has 2 N–H and O–H groups in total. The van der Waals surface area contributed by atoms with E-state index in [1.165, 1.54) is 21.3 Å². The first-order chi connectivity index (χ1) is 12.8. The number of quaternary nitrogens is 1. The van der Waals surface area contributed by atoms with Crippen molar-refractivity contribution in [3.63, 3.8) is 0 Å². The van der Waals surface area contributed by atoms with Gasteiger partial charge in [-0.2, -0.15) is 4.31 Å². The molecular formula is C17H24ClN4O4S+. The summed E-state index contributed by atoms with van der Waals surface area (Å²) < 4.78 is 26.9. The fourth-order valence-electron chi connectivity index (χ4n) is 3.39. The molecular weight excluding hydrogens is 392 g/mol. The molecule has 1 aromatic carbocycles. The van der Waals surface area contributed by atoms with E-state index >= 15 is 0 Å². The molecule has 2 saturated heterocycles. The summed E-state index contributed by atoms with van der Waals surface area (Å²) in [6.07, 6.45) is 1.45. The van der Waals surface area contributed by atoms with Gasteiger partial charge >= 0.3 is 6.03 Å². The fraction of sp³-hybridized carbons (Fsp3) is 0.529. The van der Waals surface area contributed by atoms with Crippen LogP contribution in [0.2, 0.25) is 5.02 Å². The SMILES string of the molecule is CCC[C@H]1NC(=O)N(C[NH+]2CCN(S(=O)(=O)c3ccc(Cl)cc3)CC2)C1=O. The lowest BCUT2D eigenvalue weighted by molar-refractivity contribution is -0.910. The molecule has 0 bridgehead atoms. The van der Waals surface area contributed by atoms with Crippen LogP contribution in [0.1, 0.15) is 19.8 Å². The number of imide groups is 1. The number of carbonyl (C=O) groups excluding carboxylic acids is 2. The van der Waals surface area contributed by atoms with Gasteiger partial charge in [-0.3, -0.25) is 4.79 Å². The van der Waals surface area contributed by atoms with Crippen LogP contribution in [0.25, 0.3) is 0 Å². The standard InChI is InChI=1S/C17H23ClN4O4S/c1-2-3-15-16(23)22(17(24)19-15)12-20-8-10-21(11-9-20)27(25,26)14-6-4-13(18)5-7-14/h4-7,15H,2-3,8-12H2,1H3,(H,19,24)/p+1/t15-/m1/s1. The molecule has 0 aliphatic carbocycles. The monoisotopic (exact) mass is 415 g/mol. The van der Waals surface area contributed by atoms with Crippen LogP contribution >= 0.6 is 11.6 Å². The van der Waals surface area contributed by atoms with Crippen LogP contribution in [0.3, 0.4) is 0 Å². The highest BCUT2D eigenvalue weighted by Crippen LogP contribution is 2.18. The molecule has 8 nitrogen and oxygen atoms in total. The van der Waals surface area contributed by atoms with E-state index in [9.17, 15) is 18.0 Å². The molecule has 2 fully saturated rings. The van der Waals surface area contributed by atoms with Gasteiger partial charge < -0.3 is 10.2 Å². The molecule has 148 valence electrons. The minimum absolute atomic E-state index is 0.189. The minimum atomic E-state index is -3.57. The molecule has 1 atom stereocenters. The maximum atomic E-state index is 12.7. The van der Waals surface area contributed by atoms with Gasteiger partial charge in [0.05, 0.1) is 31.1 Å². The molecule has 3 amide bonds. The van der Waals surface area contributed by atoms with Crippen molar-refractivity contribution in [1.29, 1.82) is 0 Å². The summed E-state index contributed by atoms with van der Waals surface area (Å²) in [5, 5.41) is 3.19. The number of carbonyl (C=O) groups is 2. The number of urea groups is 1. The van der Waals surface area contributed by atoms with Gasteiger partial charge in [0.2, 0.25) is 10.0 Å². The summed E-state index contributed by atoms with van der Waals surface area (Å²) in [6, 6.07) is 5.31. The molecule has 2 aliphatic heterocycles. The zero-order valence-corrected chi connectivity index (χ0v) is 16.7. The average Bonchev–Trinajstić information content (AvgIpc) is 2.90. The van der Waals surface area contributed by atoms with Crippen molar-refractivity contribution in [2.24, 2.45) is 0 Å². The van der Waals surface area contributed by atoms with E-state index in [0.29, 0.717) is 37.6 Å². The first-order valence-electron chi connectivity index (χ1n) is 9.04.